The maximum atomic E-state index is 8.36. The summed E-state index contributed by atoms with van der Waals surface area (Å²) in [5.74, 6) is 0. The Hall–Kier alpha value is 1.39. The predicted octanol–water partition coefficient (Wildman–Crippen LogP) is -1.53. The van der Waals surface area contributed by atoms with Gasteiger partial charge in [0, 0.05) is 41.7 Å². The molecular formula is H4CeNO3Sb. The molecule has 0 aromatic heterocycles. The number of rotatable bonds is 0. The van der Waals surface area contributed by atoms with Crippen molar-refractivity contribution in [3.05, 3.63) is 10.1 Å². The van der Waals surface area contributed by atoms with Crippen LogP contribution in [0.3, 0.4) is 0 Å². The minimum atomic E-state index is -1.50. The molecule has 0 aromatic rings. The summed E-state index contributed by atoms with van der Waals surface area (Å²) >= 11 is 0. The van der Waals surface area contributed by atoms with E-state index in [9.17, 15) is 0 Å². The molecule has 0 aliphatic carbocycles. The van der Waals surface area contributed by atoms with Crippen molar-refractivity contribution in [1.29, 1.82) is 0 Å². The SMILES string of the molecule is O=[N+]([O-])O.[Ce].[SbH3]. The van der Waals surface area contributed by atoms with E-state index in [1.807, 2.05) is 0 Å². The van der Waals surface area contributed by atoms with E-state index in [-0.39, 0.29) is 66.2 Å². The third-order valence-corrected chi connectivity index (χ3v) is 0. The van der Waals surface area contributed by atoms with Crippen LogP contribution in [0.1, 0.15) is 0 Å². The monoisotopic (exact) mass is 327 g/mol. The fraction of sp³-hybridized carbons (Fsp3) is 0. The quantitative estimate of drug-likeness (QED) is 0.333. The Morgan fingerprint density at radius 1 is 1.67 bits per heavy atom. The van der Waals surface area contributed by atoms with Gasteiger partial charge in [-0.05, 0) is 0 Å². The molecule has 0 heterocycles. The fourth-order valence-electron chi connectivity index (χ4n) is 0. The van der Waals surface area contributed by atoms with Crippen molar-refractivity contribution in [3.63, 3.8) is 0 Å². The maximum absolute atomic E-state index is 8.36. The third-order valence-electron chi connectivity index (χ3n) is 0. The van der Waals surface area contributed by atoms with Crippen LogP contribution in [0, 0.1) is 51.9 Å². The Labute approximate surface area is 85.2 Å². The van der Waals surface area contributed by atoms with E-state index in [2.05, 4.69) is 0 Å². The molecule has 0 fully saturated rings. The van der Waals surface area contributed by atoms with Crippen molar-refractivity contribution in [1.82, 2.24) is 0 Å². The minimum absolute atomic E-state index is 0. The number of hydrogen-bond acceptors (Lipinski definition) is 2. The molecule has 0 amide bonds. The zero-order valence-electron chi connectivity index (χ0n) is 2.92. The third kappa shape index (κ3) is 53.6. The Kier molecular flexibility index (Phi) is 25.1. The summed E-state index contributed by atoms with van der Waals surface area (Å²) in [5.41, 5.74) is 0. The second-order valence-electron chi connectivity index (χ2n) is 0.238. The van der Waals surface area contributed by atoms with Gasteiger partial charge >= 0.3 is 24.4 Å². The molecule has 0 aliphatic rings. The van der Waals surface area contributed by atoms with E-state index in [4.69, 9.17) is 15.3 Å². The van der Waals surface area contributed by atoms with Crippen LogP contribution >= 0.6 is 0 Å². The van der Waals surface area contributed by atoms with Crippen LogP contribution in [0.25, 0.3) is 0 Å². The second kappa shape index (κ2) is 9.64. The van der Waals surface area contributed by atoms with Gasteiger partial charge in [-0.3, -0.25) is 0 Å². The Balaban J connectivity index is -0.0000000450. The van der Waals surface area contributed by atoms with E-state index < -0.39 is 5.09 Å². The molecule has 0 unspecified atom stereocenters. The normalized spacial score (nSPS) is 4.00. The zero-order valence-corrected chi connectivity index (χ0v) is 10.1. The van der Waals surface area contributed by atoms with Crippen LogP contribution in [-0.2, 0) is 0 Å². The molecule has 0 aliphatic heterocycles. The predicted molar refractivity (Wildman–Crippen MR) is 18.7 cm³/mol. The number of hydrogen-bond donors (Lipinski definition) is 1. The van der Waals surface area contributed by atoms with E-state index in [1.165, 1.54) is 0 Å². The molecule has 0 atom stereocenters. The molecule has 1 N–H and O–H groups in total. The first kappa shape index (κ1) is 15.7. The summed E-state index contributed by atoms with van der Waals surface area (Å²) in [4.78, 5) is 8.36. The summed E-state index contributed by atoms with van der Waals surface area (Å²) in [6.07, 6.45) is 0. The average Bonchev–Trinajstić information content (AvgIpc) is 0.811. The molecule has 0 spiro atoms. The molecule has 0 bridgehead atoms. The van der Waals surface area contributed by atoms with Gasteiger partial charge in [-0.1, -0.05) is 0 Å². The molecule has 0 radical (unpaired) electrons. The molecule has 0 saturated heterocycles. The summed E-state index contributed by atoms with van der Waals surface area (Å²) in [6.45, 7) is 0. The molecular weight excluding hydrogens is 324 g/mol. The van der Waals surface area contributed by atoms with Gasteiger partial charge in [0.25, 0.3) is 5.09 Å². The molecule has 36 valence electrons. The van der Waals surface area contributed by atoms with E-state index >= 15 is 0 Å². The zero-order chi connectivity index (χ0) is 3.58. The van der Waals surface area contributed by atoms with Crippen molar-refractivity contribution >= 4 is 24.4 Å². The van der Waals surface area contributed by atoms with Crippen LogP contribution in [-0.4, -0.2) is 34.7 Å². The molecule has 0 saturated carbocycles. The van der Waals surface area contributed by atoms with Crippen LogP contribution in [0.2, 0.25) is 0 Å². The molecule has 6 heavy (non-hydrogen) atoms. The number of nitrogens with zero attached hydrogens (tertiary/aromatic N) is 1. The fourth-order valence-corrected chi connectivity index (χ4v) is 0. The van der Waals surface area contributed by atoms with Crippen molar-refractivity contribution in [2.45, 2.75) is 0 Å². The van der Waals surface area contributed by atoms with Gasteiger partial charge in [0.2, 0.25) is 0 Å². The summed E-state index contributed by atoms with van der Waals surface area (Å²) in [6, 6.07) is 0. The first-order valence-electron chi connectivity index (χ1n) is 0.565. The van der Waals surface area contributed by atoms with Crippen molar-refractivity contribution in [3.8, 4) is 0 Å². The summed E-state index contributed by atoms with van der Waals surface area (Å²) in [7, 11) is 0. The second-order valence-corrected chi connectivity index (χ2v) is 0.238. The molecule has 6 heteroatoms. The van der Waals surface area contributed by atoms with E-state index in [0.29, 0.717) is 0 Å². The van der Waals surface area contributed by atoms with Crippen LogP contribution < -0.4 is 0 Å². The van der Waals surface area contributed by atoms with Gasteiger partial charge in [-0.25, -0.2) is 0 Å². The first-order chi connectivity index (χ1) is 1.73. The Bertz CT molecular complexity index is 33.8. The van der Waals surface area contributed by atoms with Gasteiger partial charge in [0.15, 0.2) is 0 Å². The van der Waals surface area contributed by atoms with Crippen molar-refractivity contribution < 1.29 is 52.0 Å². The van der Waals surface area contributed by atoms with Gasteiger partial charge in [-0.2, -0.15) is 0 Å². The molecule has 0 aromatic carbocycles. The van der Waals surface area contributed by atoms with Crippen LogP contribution in [0.4, 0.5) is 0 Å². The Morgan fingerprint density at radius 3 is 1.67 bits per heavy atom. The molecule has 0 rings (SSSR count). The standard InChI is InChI=1S/Ce.HNO3.Sb.3H/c;2-1(3)4;;;;/h;(H,2,3,4);;;;. The summed E-state index contributed by atoms with van der Waals surface area (Å²) < 4.78 is 0. The van der Waals surface area contributed by atoms with Gasteiger partial charge in [0.05, 0.1) is 0 Å². The first-order valence-corrected chi connectivity index (χ1v) is 0.565. The molecule has 4 nitrogen and oxygen atoms in total. The topological polar surface area (TPSA) is 63.4 Å². The van der Waals surface area contributed by atoms with E-state index in [1.54, 1.807) is 0 Å². The van der Waals surface area contributed by atoms with Gasteiger partial charge in [0.1, 0.15) is 0 Å². The van der Waals surface area contributed by atoms with E-state index in [0.717, 1.165) is 0 Å². The summed E-state index contributed by atoms with van der Waals surface area (Å²) in [5, 5.41) is 13.6. The van der Waals surface area contributed by atoms with Crippen molar-refractivity contribution in [2.24, 2.45) is 0 Å². The van der Waals surface area contributed by atoms with Gasteiger partial charge < -0.3 is 5.21 Å². The van der Waals surface area contributed by atoms with Crippen LogP contribution in [0.15, 0.2) is 0 Å². The van der Waals surface area contributed by atoms with Crippen LogP contribution in [0.5, 0.6) is 0 Å². The van der Waals surface area contributed by atoms with Gasteiger partial charge in [-0.15, -0.1) is 10.1 Å². The van der Waals surface area contributed by atoms with Crippen molar-refractivity contribution in [2.75, 3.05) is 0 Å². The Morgan fingerprint density at radius 2 is 1.67 bits per heavy atom. The average molecular weight is 328 g/mol.